The number of halogens is 1. The van der Waals surface area contributed by atoms with Crippen LogP contribution in [0.5, 0.6) is 0 Å². The third-order valence-electron chi connectivity index (χ3n) is 2.53. The van der Waals surface area contributed by atoms with Gasteiger partial charge in [-0.3, -0.25) is 4.79 Å². The van der Waals surface area contributed by atoms with Crippen LogP contribution in [0.2, 0.25) is 5.02 Å². The molecule has 0 fully saturated rings. The zero-order valence-electron chi connectivity index (χ0n) is 12.2. The summed E-state index contributed by atoms with van der Waals surface area (Å²) >= 11 is 7.64. The van der Waals surface area contributed by atoms with Gasteiger partial charge in [0.15, 0.2) is 0 Å². The third kappa shape index (κ3) is 6.64. The topological polar surface area (TPSA) is 38.3 Å². The molecule has 1 N–H and O–H groups in total. The van der Waals surface area contributed by atoms with Crippen LogP contribution in [0.25, 0.3) is 0 Å². The van der Waals surface area contributed by atoms with Crippen molar-refractivity contribution >= 4 is 29.3 Å². The first-order valence-corrected chi connectivity index (χ1v) is 8.16. The van der Waals surface area contributed by atoms with E-state index in [-0.39, 0.29) is 5.97 Å². The number of thioether (sulfide) groups is 1. The number of hydrogen-bond acceptors (Lipinski definition) is 4. The third-order valence-corrected chi connectivity index (χ3v) is 4.00. The zero-order valence-corrected chi connectivity index (χ0v) is 13.8. The summed E-state index contributed by atoms with van der Waals surface area (Å²) in [5.74, 6) is 0.708. The van der Waals surface area contributed by atoms with Crippen LogP contribution in [0.15, 0.2) is 23.1 Å². The second kappa shape index (κ2) is 9.27. The van der Waals surface area contributed by atoms with E-state index in [0.29, 0.717) is 23.3 Å². The quantitative estimate of drug-likeness (QED) is 0.586. The summed E-state index contributed by atoms with van der Waals surface area (Å²) in [7, 11) is 0. The Bertz CT molecular complexity index is 438. The van der Waals surface area contributed by atoms with E-state index in [1.807, 2.05) is 18.2 Å². The number of carbonyl (C=O) groups is 1. The van der Waals surface area contributed by atoms with Gasteiger partial charge in [-0.15, -0.1) is 11.8 Å². The minimum Gasteiger partial charge on any atom is -0.465 e. The minimum atomic E-state index is -0.212. The molecule has 0 heterocycles. The normalized spacial score (nSPS) is 10.8. The Balaban J connectivity index is 2.48. The molecule has 3 nitrogen and oxygen atoms in total. The van der Waals surface area contributed by atoms with Gasteiger partial charge < -0.3 is 10.1 Å². The molecule has 112 valence electrons. The first kappa shape index (κ1) is 17.3. The fourth-order valence-electron chi connectivity index (χ4n) is 1.62. The van der Waals surface area contributed by atoms with E-state index in [4.69, 9.17) is 16.3 Å². The molecule has 0 unspecified atom stereocenters. The van der Waals surface area contributed by atoms with Crippen LogP contribution in [-0.2, 0) is 16.1 Å². The van der Waals surface area contributed by atoms with Gasteiger partial charge in [0.25, 0.3) is 0 Å². The largest absolute Gasteiger partial charge is 0.465 e. The molecule has 0 amide bonds. The van der Waals surface area contributed by atoms with Crippen LogP contribution < -0.4 is 5.32 Å². The summed E-state index contributed by atoms with van der Waals surface area (Å²) in [6.07, 6.45) is 0. The van der Waals surface area contributed by atoms with Crippen molar-refractivity contribution < 1.29 is 9.53 Å². The Hall–Kier alpha value is -0.710. The van der Waals surface area contributed by atoms with E-state index in [2.05, 4.69) is 19.2 Å². The lowest BCUT2D eigenvalue weighted by molar-refractivity contribution is -0.139. The molecule has 0 bridgehead atoms. The van der Waals surface area contributed by atoms with E-state index >= 15 is 0 Å². The van der Waals surface area contributed by atoms with Crippen LogP contribution in [0.4, 0.5) is 0 Å². The number of hydrogen-bond donors (Lipinski definition) is 1. The highest BCUT2D eigenvalue weighted by atomic mass is 35.5. The molecule has 0 saturated carbocycles. The highest BCUT2D eigenvalue weighted by Gasteiger charge is 2.07. The molecule has 0 radical (unpaired) electrons. The second-order valence-electron chi connectivity index (χ2n) is 4.88. The molecule has 0 aliphatic carbocycles. The Morgan fingerprint density at radius 3 is 2.80 bits per heavy atom. The molecule has 20 heavy (non-hydrogen) atoms. The van der Waals surface area contributed by atoms with Crippen LogP contribution in [-0.4, -0.2) is 24.9 Å². The van der Waals surface area contributed by atoms with Crippen LogP contribution in [0, 0.1) is 5.92 Å². The van der Waals surface area contributed by atoms with Gasteiger partial charge in [-0.05, 0) is 37.1 Å². The fourth-order valence-corrected chi connectivity index (χ4v) is 2.70. The number of esters is 1. The molecule has 1 aromatic rings. The molecule has 0 aliphatic heterocycles. The average molecular weight is 316 g/mol. The number of ether oxygens (including phenoxy) is 1. The Morgan fingerprint density at radius 2 is 2.20 bits per heavy atom. The van der Waals surface area contributed by atoms with Crippen molar-refractivity contribution in [1.29, 1.82) is 0 Å². The summed E-state index contributed by atoms with van der Waals surface area (Å²) < 4.78 is 4.89. The lowest BCUT2D eigenvalue weighted by Crippen LogP contribution is -2.18. The number of carbonyl (C=O) groups excluding carboxylic acids is 1. The van der Waals surface area contributed by atoms with Gasteiger partial charge >= 0.3 is 5.97 Å². The Kier molecular flexibility index (Phi) is 8.04. The van der Waals surface area contributed by atoms with Gasteiger partial charge in [0.05, 0.1) is 17.4 Å². The maximum absolute atomic E-state index is 11.3. The van der Waals surface area contributed by atoms with Crippen molar-refractivity contribution in [2.75, 3.05) is 18.9 Å². The standard InChI is InChI=1S/C15H22ClNO2S/c1-4-19-15(18)10-20-14-6-5-12(7-13(14)16)9-17-8-11(2)3/h5-7,11,17H,4,8-10H2,1-3H3. The maximum Gasteiger partial charge on any atom is 0.316 e. The highest BCUT2D eigenvalue weighted by molar-refractivity contribution is 8.00. The van der Waals surface area contributed by atoms with Crippen molar-refractivity contribution in [2.45, 2.75) is 32.2 Å². The summed E-state index contributed by atoms with van der Waals surface area (Å²) in [5.41, 5.74) is 1.15. The van der Waals surface area contributed by atoms with Crippen molar-refractivity contribution in [3.8, 4) is 0 Å². The molecule has 0 saturated heterocycles. The van der Waals surface area contributed by atoms with Crippen LogP contribution in [0.3, 0.4) is 0 Å². The lowest BCUT2D eigenvalue weighted by atomic mass is 10.2. The van der Waals surface area contributed by atoms with Crippen LogP contribution in [0.1, 0.15) is 26.3 Å². The summed E-state index contributed by atoms with van der Waals surface area (Å²) in [6, 6.07) is 5.94. The highest BCUT2D eigenvalue weighted by Crippen LogP contribution is 2.28. The van der Waals surface area contributed by atoms with E-state index < -0.39 is 0 Å². The minimum absolute atomic E-state index is 0.212. The van der Waals surface area contributed by atoms with E-state index in [1.54, 1.807) is 6.92 Å². The van der Waals surface area contributed by atoms with Crippen molar-refractivity contribution in [3.05, 3.63) is 28.8 Å². The van der Waals surface area contributed by atoms with Gasteiger partial charge in [0, 0.05) is 11.4 Å². The molecular formula is C15H22ClNO2S. The Labute approximate surface area is 130 Å². The molecular weight excluding hydrogens is 294 g/mol. The van der Waals surface area contributed by atoms with Gasteiger partial charge in [0.1, 0.15) is 0 Å². The van der Waals surface area contributed by atoms with Gasteiger partial charge in [-0.25, -0.2) is 0 Å². The molecule has 0 spiro atoms. The van der Waals surface area contributed by atoms with E-state index in [0.717, 1.165) is 23.5 Å². The number of benzene rings is 1. The average Bonchev–Trinajstić information content (AvgIpc) is 2.37. The van der Waals surface area contributed by atoms with Gasteiger partial charge in [-0.1, -0.05) is 31.5 Å². The lowest BCUT2D eigenvalue weighted by Gasteiger charge is -2.09. The molecule has 0 atom stereocenters. The van der Waals surface area contributed by atoms with E-state index in [9.17, 15) is 4.79 Å². The first-order valence-electron chi connectivity index (χ1n) is 6.80. The predicted molar refractivity (Wildman–Crippen MR) is 85.4 cm³/mol. The van der Waals surface area contributed by atoms with Crippen molar-refractivity contribution in [2.24, 2.45) is 5.92 Å². The molecule has 1 aromatic carbocycles. The molecule has 0 aromatic heterocycles. The Morgan fingerprint density at radius 1 is 1.45 bits per heavy atom. The van der Waals surface area contributed by atoms with Crippen LogP contribution >= 0.6 is 23.4 Å². The zero-order chi connectivity index (χ0) is 15.0. The molecule has 1 rings (SSSR count). The van der Waals surface area contributed by atoms with Gasteiger partial charge in [0.2, 0.25) is 0 Å². The summed E-state index contributed by atoms with van der Waals surface area (Å²) in [5, 5.41) is 4.06. The maximum atomic E-state index is 11.3. The smallest absolute Gasteiger partial charge is 0.316 e. The fraction of sp³-hybridized carbons (Fsp3) is 0.533. The number of nitrogens with one attached hydrogen (secondary N) is 1. The summed E-state index contributed by atoms with van der Waals surface area (Å²) in [4.78, 5) is 12.2. The summed E-state index contributed by atoms with van der Waals surface area (Å²) in [6.45, 7) is 8.35. The van der Waals surface area contributed by atoms with Crippen molar-refractivity contribution in [3.63, 3.8) is 0 Å². The monoisotopic (exact) mass is 315 g/mol. The predicted octanol–water partition coefficient (Wildman–Crippen LogP) is 3.74. The van der Waals surface area contributed by atoms with Gasteiger partial charge in [-0.2, -0.15) is 0 Å². The number of rotatable bonds is 8. The second-order valence-corrected chi connectivity index (χ2v) is 6.31. The first-order chi connectivity index (χ1) is 9.52. The molecule has 5 heteroatoms. The molecule has 0 aliphatic rings. The SMILES string of the molecule is CCOC(=O)CSc1ccc(CNCC(C)C)cc1Cl. The van der Waals surface area contributed by atoms with E-state index in [1.165, 1.54) is 11.8 Å². The van der Waals surface area contributed by atoms with Crippen molar-refractivity contribution in [1.82, 2.24) is 5.32 Å².